The van der Waals surface area contributed by atoms with Crippen LogP contribution in [0.4, 0.5) is 0 Å². The van der Waals surface area contributed by atoms with Gasteiger partial charge in [-0.15, -0.1) is 0 Å². The second-order valence-electron chi connectivity index (χ2n) is 4.03. The lowest BCUT2D eigenvalue weighted by molar-refractivity contribution is 0.0928. The van der Waals surface area contributed by atoms with Crippen molar-refractivity contribution >= 4 is 0 Å². The summed E-state index contributed by atoms with van der Waals surface area (Å²) in [4.78, 5) is 0. The molecule has 0 bridgehead atoms. The highest BCUT2D eigenvalue weighted by Gasteiger charge is 2.04. The summed E-state index contributed by atoms with van der Waals surface area (Å²) >= 11 is 0. The van der Waals surface area contributed by atoms with E-state index in [0.29, 0.717) is 19.0 Å². The maximum absolute atomic E-state index is 8.56. The number of nitriles is 1. The van der Waals surface area contributed by atoms with Crippen molar-refractivity contribution in [1.82, 2.24) is 5.32 Å². The van der Waals surface area contributed by atoms with E-state index in [4.69, 9.17) is 19.8 Å². The van der Waals surface area contributed by atoms with Gasteiger partial charge in [-0.2, -0.15) is 5.26 Å². The lowest BCUT2D eigenvalue weighted by atomic mass is 10.1. The highest BCUT2D eigenvalue weighted by Crippen LogP contribution is 2.17. The van der Waals surface area contributed by atoms with Crippen LogP contribution >= 0.6 is 0 Å². The fourth-order valence-electron chi connectivity index (χ4n) is 1.60. The third-order valence-corrected chi connectivity index (χ3v) is 2.62. The number of nitrogens with zero attached hydrogens (tertiary/aromatic N) is 1. The molecule has 0 aliphatic rings. The minimum Gasteiger partial charge on any atom is -0.479 e. The first-order valence-corrected chi connectivity index (χ1v) is 6.29. The standard InChI is InChI=1S/C14H20N2O3/c1-12(16-7-10-18-11-8-17)13-2-4-14(5-3-13)19-9-6-15/h2-5,12,16-17H,7-11H2,1H3. The topological polar surface area (TPSA) is 74.5 Å². The summed E-state index contributed by atoms with van der Waals surface area (Å²) in [6, 6.07) is 9.79. The summed E-state index contributed by atoms with van der Waals surface area (Å²) in [7, 11) is 0. The molecular weight excluding hydrogens is 244 g/mol. The number of aliphatic hydroxyl groups excluding tert-OH is 1. The molecule has 2 N–H and O–H groups in total. The van der Waals surface area contributed by atoms with Crippen LogP contribution in [0.3, 0.4) is 0 Å². The van der Waals surface area contributed by atoms with E-state index in [1.165, 1.54) is 0 Å². The summed E-state index contributed by atoms with van der Waals surface area (Å²) in [5.74, 6) is 0.698. The molecule has 19 heavy (non-hydrogen) atoms. The first-order chi connectivity index (χ1) is 9.27. The van der Waals surface area contributed by atoms with Crippen LogP contribution in [0.25, 0.3) is 0 Å². The molecule has 1 unspecified atom stereocenters. The van der Waals surface area contributed by atoms with Gasteiger partial charge in [0.1, 0.15) is 11.8 Å². The molecule has 5 heteroatoms. The summed E-state index contributed by atoms with van der Waals surface area (Å²) < 4.78 is 10.4. The number of benzene rings is 1. The van der Waals surface area contributed by atoms with Crippen LogP contribution in [0.5, 0.6) is 5.75 Å². The van der Waals surface area contributed by atoms with Crippen molar-refractivity contribution in [3.05, 3.63) is 29.8 Å². The minimum absolute atomic E-state index is 0.0553. The molecule has 0 saturated carbocycles. The van der Waals surface area contributed by atoms with Gasteiger partial charge in [0, 0.05) is 12.6 Å². The quantitative estimate of drug-likeness (QED) is 0.657. The summed E-state index contributed by atoms with van der Waals surface area (Å²) in [6.07, 6.45) is 0. The molecule has 5 nitrogen and oxygen atoms in total. The third kappa shape index (κ3) is 6.20. The largest absolute Gasteiger partial charge is 0.479 e. The van der Waals surface area contributed by atoms with Crippen molar-refractivity contribution in [1.29, 1.82) is 5.26 Å². The van der Waals surface area contributed by atoms with E-state index in [1.807, 2.05) is 30.3 Å². The molecule has 1 aromatic rings. The van der Waals surface area contributed by atoms with Crippen LogP contribution in [0, 0.1) is 11.3 Å². The molecule has 104 valence electrons. The number of ether oxygens (including phenoxy) is 2. The van der Waals surface area contributed by atoms with Crippen LogP contribution in [-0.4, -0.2) is 38.1 Å². The molecular formula is C14H20N2O3. The molecule has 1 rings (SSSR count). The number of nitrogens with one attached hydrogen (secondary N) is 1. The van der Waals surface area contributed by atoms with Crippen LogP contribution in [-0.2, 0) is 4.74 Å². The molecule has 0 heterocycles. The van der Waals surface area contributed by atoms with E-state index >= 15 is 0 Å². The maximum Gasteiger partial charge on any atom is 0.174 e. The molecule has 0 aliphatic carbocycles. The Labute approximate surface area is 113 Å². The Kier molecular flexibility index (Phi) is 7.59. The minimum atomic E-state index is 0.0553. The van der Waals surface area contributed by atoms with E-state index in [9.17, 15) is 0 Å². The zero-order valence-electron chi connectivity index (χ0n) is 11.1. The van der Waals surface area contributed by atoms with E-state index in [2.05, 4.69) is 12.2 Å². The Morgan fingerprint density at radius 3 is 2.68 bits per heavy atom. The number of hydrogen-bond acceptors (Lipinski definition) is 5. The molecule has 1 aromatic carbocycles. The smallest absolute Gasteiger partial charge is 0.174 e. The van der Waals surface area contributed by atoms with E-state index in [0.717, 1.165) is 12.1 Å². The number of hydrogen-bond donors (Lipinski definition) is 2. The van der Waals surface area contributed by atoms with Crippen LogP contribution < -0.4 is 10.1 Å². The van der Waals surface area contributed by atoms with Crippen molar-refractivity contribution in [3.63, 3.8) is 0 Å². The monoisotopic (exact) mass is 264 g/mol. The van der Waals surface area contributed by atoms with Crippen molar-refractivity contribution in [2.75, 3.05) is 33.0 Å². The van der Waals surface area contributed by atoms with Gasteiger partial charge >= 0.3 is 0 Å². The van der Waals surface area contributed by atoms with E-state index in [1.54, 1.807) is 0 Å². The van der Waals surface area contributed by atoms with Gasteiger partial charge in [0.25, 0.3) is 0 Å². The Morgan fingerprint density at radius 2 is 2.05 bits per heavy atom. The molecule has 0 aromatic heterocycles. The highest BCUT2D eigenvalue weighted by molar-refractivity contribution is 5.29. The zero-order valence-corrected chi connectivity index (χ0v) is 11.1. The molecule has 1 atom stereocenters. The van der Waals surface area contributed by atoms with Gasteiger partial charge in [0.05, 0.1) is 19.8 Å². The predicted octanol–water partition coefficient (Wildman–Crippen LogP) is 1.25. The lowest BCUT2D eigenvalue weighted by Crippen LogP contribution is -2.23. The van der Waals surface area contributed by atoms with E-state index < -0.39 is 0 Å². The number of aliphatic hydroxyl groups is 1. The second kappa shape index (κ2) is 9.34. The van der Waals surface area contributed by atoms with Gasteiger partial charge < -0.3 is 19.9 Å². The van der Waals surface area contributed by atoms with Gasteiger partial charge in [-0.05, 0) is 24.6 Å². The first kappa shape index (κ1) is 15.4. The molecule has 0 amide bonds. The Bertz CT molecular complexity index is 387. The van der Waals surface area contributed by atoms with Gasteiger partial charge in [0.15, 0.2) is 6.61 Å². The average Bonchev–Trinajstić information content (AvgIpc) is 2.45. The molecule has 0 saturated heterocycles. The van der Waals surface area contributed by atoms with Crippen molar-refractivity contribution in [2.24, 2.45) is 0 Å². The van der Waals surface area contributed by atoms with Crippen LogP contribution in [0.1, 0.15) is 18.5 Å². The van der Waals surface area contributed by atoms with Crippen molar-refractivity contribution < 1.29 is 14.6 Å². The van der Waals surface area contributed by atoms with Crippen LogP contribution in [0.15, 0.2) is 24.3 Å². The molecule has 0 fully saturated rings. The second-order valence-corrected chi connectivity index (χ2v) is 4.03. The van der Waals surface area contributed by atoms with Crippen LogP contribution in [0.2, 0.25) is 0 Å². The van der Waals surface area contributed by atoms with Gasteiger partial charge in [-0.1, -0.05) is 12.1 Å². The number of rotatable bonds is 9. The fraction of sp³-hybridized carbons (Fsp3) is 0.500. The van der Waals surface area contributed by atoms with Gasteiger partial charge in [-0.3, -0.25) is 0 Å². The van der Waals surface area contributed by atoms with Crippen molar-refractivity contribution in [2.45, 2.75) is 13.0 Å². The first-order valence-electron chi connectivity index (χ1n) is 6.29. The predicted molar refractivity (Wildman–Crippen MR) is 71.9 cm³/mol. The summed E-state index contributed by atoms with van der Waals surface area (Å²) in [5.41, 5.74) is 1.14. The maximum atomic E-state index is 8.56. The normalized spacial score (nSPS) is 11.8. The average molecular weight is 264 g/mol. The Morgan fingerprint density at radius 1 is 1.32 bits per heavy atom. The molecule has 0 spiro atoms. The molecule has 0 radical (unpaired) electrons. The zero-order chi connectivity index (χ0) is 13.9. The Balaban J connectivity index is 2.32. The summed E-state index contributed by atoms with van der Waals surface area (Å²) in [5, 5.41) is 20.3. The molecule has 0 aliphatic heterocycles. The van der Waals surface area contributed by atoms with E-state index in [-0.39, 0.29) is 19.3 Å². The fourth-order valence-corrected chi connectivity index (χ4v) is 1.60. The third-order valence-electron chi connectivity index (χ3n) is 2.62. The summed E-state index contributed by atoms with van der Waals surface area (Å²) in [6.45, 7) is 3.87. The SMILES string of the molecule is CC(NCCOCCO)c1ccc(OCC#N)cc1. The van der Waals surface area contributed by atoms with Crippen molar-refractivity contribution in [3.8, 4) is 11.8 Å². The highest BCUT2D eigenvalue weighted by atomic mass is 16.5. The van der Waals surface area contributed by atoms with Gasteiger partial charge in [-0.25, -0.2) is 0 Å². The Hall–Kier alpha value is -1.61. The lowest BCUT2D eigenvalue weighted by Gasteiger charge is -2.14. The van der Waals surface area contributed by atoms with Gasteiger partial charge in [0.2, 0.25) is 0 Å².